The van der Waals surface area contributed by atoms with E-state index in [0.29, 0.717) is 34.6 Å². The molecule has 5 rings (SSSR count). The van der Waals surface area contributed by atoms with Gasteiger partial charge in [0.25, 0.3) is 5.91 Å². The van der Waals surface area contributed by atoms with Crippen molar-refractivity contribution in [3.05, 3.63) is 113 Å². The lowest BCUT2D eigenvalue weighted by Gasteiger charge is -2.23. The molecule has 3 aromatic carbocycles. The number of pyridine rings is 1. The molecule has 0 N–H and O–H groups in total. The summed E-state index contributed by atoms with van der Waals surface area (Å²) in [5.74, 6) is 0.0457. The highest BCUT2D eigenvalue weighted by Gasteiger charge is 2.37. The molecule has 11 heteroatoms. The van der Waals surface area contributed by atoms with Crippen LogP contribution in [0.15, 0.2) is 85.1 Å². The van der Waals surface area contributed by atoms with E-state index in [1.54, 1.807) is 30.3 Å². The first-order valence-corrected chi connectivity index (χ1v) is 12.4. The second-order valence-corrected chi connectivity index (χ2v) is 9.37. The average molecular weight is 573 g/mol. The van der Waals surface area contributed by atoms with Crippen molar-refractivity contribution in [1.29, 1.82) is 0 Å². The van der Waals surface area contributed by atoms with E-state index in [4.69, 9.17) is 9.47 Å². The van der Waals surface area contributed by atoms with Gasteiger partial charge in [-0.15, -0.1) is 0 Å². The molecule has 0 aliphatic carbocycles. The molecule has 0 saturated heterocycles. The van der Waals surface area contributed by atoms with E-state index in [0.717, 1.165) is 10.5 Å². The van der Waals surface area contributed by atoms with Crippen LogP contribution in [0.1, 0.15) is 27.8 Å². The first-order chi connectivity index (χ1) is 19.5. The molecule has 0 saturated carbocycles. The minimum absolute atomic E-state index is 0.0561. The maximum Gasteiger partial charge on any atom is 0.416 e. The Balaban J connectivity index is 1.49. The number of amides is 1. The van der Waals surface area contributed by atoms with E-state index >= 15 is 0 Å². The summed E-state index contributed by atoms with van der Waals surface area (Å²) in [6.45, 7) is -0.874. The van der Waals surface area contributed by atoms with Gasteiger partial charge in [0.15, 0.2) is 6.61 Å². The van der Waals surface area contributed by atoms with Crippen LogP contribution in [0.5, 0.6) is 11.6 Å². The number of para-hydroxylation sites is 1. The molecular weight excluding hydrogens is 550 g/mol. The number of nitrogens with zero attached hydrogens (tertiary/aromatic N) is 2. The van der Waals surface area contributed by atoms with Gasteiger partial charge < -0.3 is 14.4 Å². The summed E-state index contributed by atoms with van der Waals surface area (Å²) in [5.41, 5.74) is -0.591. The molecule has 0 bridgehead atoms. The molecule has 212 valence electrons. The Kier molecular flexibility index (Phi) is 7.61. The topological polar surface area (TPSA) is 51.7 Å². The second kappa shape index (κ2) is 11.1. The number of ether oxygens (including phenoxy) is 2. The molecule has 0 spiro atoms. The number of aromatic nitrogens is 1. The number of carbonyl (C=O) groups is 1. The van der Waals surface area contributed by atoms with Crippen molar-refractivity contribution in [3.63, 3.8) is 0 Å². The van der Waals surface area contributed by atoms with Crippen molar-refractivity contribution >= 4 is 5.91 Å². The highest BCUT2D eigenvalue weighted by Crippen LogP contribution is 2.39. The molecule has 1 aliphatic heterocycles. The van der Waals surface area contributed by atoms with Crippen LogP contribution < -0.4 is 9.47 Å². The predicted octanol–water partition coefficient (Wildman–Crippen LogP) is 7.29. The Labute approximate surface area is 231 Å². The van der Waals surface area contributed by atoms with E-state index < -0.39 is 42.5 Å². The van der Waals surface area contributed by atoms with Crippen LogP contribution in [0.2, 0.25) is 0 Å². The summed E-state index contributed by atoms with van der Waals surface area (Å²) < 4.78 is 92.2. The van der Waals surface area contributed by atoms with Gasteiger partial charge in [0, 0.05) is 23.9 Å². The molecule has 0 atom stereocenters. The summed E-state index contributed by atoms with van der Waals surface area (Å²) in [4.78, 5) is 18.3. The quantitative estimate of drug-likeness (QED) is 0.228. The number of hydrogen-bond donors (Lipinski definition) is 0. The van der Waals surface area contributed by atoms with Crippen LogP contribution in [0, 0.1) is 0 Å². The molecule has 0 unspecified atom stereocenters. The minimum Gasteiger partial charge on any atom is -0.488 e. The highest BCUT2D eigenvalue weighted by atomic mass is 19.4. The number of hydrogen-bond acceptors (Lipinski definition) is 4. The summed E-state index contributed by atoms with van der Waals surface area (Å²) in [5, 5.41) is 0. The maximum atomic E-state index is 13.4. The lowest BCUT2D eigenvalue weighted by molar-refractivity contribution is -0.143. The Morgan fingerprint density at radius 1 is 0.805 bits per heavy atom. The number of carbonyl (C=O) groups excluding carboxylic acids is 1. The Morgan fingerprint density at radius 2 is 1.46 bits per heavy atom. The number of rotatable bonds is 6. The highest BCUT2D eigenvalue weighted by molar-refractivity contribution is 5.80. The predicted molar refractivity (Wildman–Crippen MR) is 137 cm³/mol. The lowest BCUT2D eigenvalue weighted by Crippen LogP contribution is -2.32. The van der Waals surface area contributed by atoms with Crippen molar-refractivity contribution < 1.29 is 40.6 Å². The monoisotopic (exact) mass is 572 g/mol. The van der Waals surface area contributed by atoms with Gasteiger partial charge in [-0.25, -0.2) is 4.98 Å². The number of alkyl halides is 6. The molecule has 1 amide bonds. The zero-order chi connectivity index (χ0) is 29.2. The molecule has 2 heterocycles. The molecule has 5 nitrogen and oxygen atoms in total. The second-order valence-electron chi connectivity index (χ2n) is 9.37. The molecule has 0 fully saturated rings. The average Bonchev–Trinajstić information content (AvgIpc) is 3.10. The molecule has 0 radical (unpaired) electrons. The largest absolute Gasteiger partial charge is 0.488 e. The van der Waals surface area contributed by atoms with Crippen molar-refractivity contribution in [2.45, 2.75) is 32.0 Å². The zero-order valence-electron chi connectivity index (χ0n) is 21.3. The van der Waals surface area contributed by atoms with E-state index in [1.165, 1.54) is 6.20 Å². The zero-order valence-corrected chi connectivity index (χ0v) is 21.3. The molecule has 41 heavy (non-hydrogen) atoms. The van der Waals surface area contributed by atoms with Gasteiger partial charge in [-0.2, -0.15) is 26.3 Å². The fraction of sp³-hybridized carbons (Fsp3) is 0.200. The number of benzene rings is 3. The van der Waals surface area contributed by atoms with Crippen LogP contribution >= 0.6 is 0 Å². The van der Waals surface area contributed by atoms with Crippen LogP contribution in [0.4, 0.5) is 26.3 Å². The fourth-order valence-corrected chi connectivity index (χ4v) is 4.53. The molecule has 1 aromatic heterocycles. The first-order valence-electron chi connectivity index (χ1n) is 12.4. The SMILES string of the molecule is O=C1COc2nccc(-c3ccccc3OCc3ccccc3)c2CN1Cc1cc(C(F)(F)F)cc(C(F)(F)F)c1. The van der Waals surface area contributed by atoms with Crippen molar-refractivity contribution in [1.82, 2.24) is 9.88 Å². The first kappa shape index (κ1) is 28.0. The smallest absolute Gasteiger partial charge is 0.416 e. The van der Waals surface area contributed by atoms with E-state index in [2.05, 4.69) is 4.98 Å². The Morgan fingerprint density at radius 3 is 2.15 bits per heavy atom. The van der Waals surface area contributed by atoms with Gasteiger partial charge in [0.1, 0.15) is 12.4 Å². The Bertz CT molecular complexity index is 1520. The lowest BCUT2D eigenvalue weighted by atomic mass is 9.99. The van der Waals surface area contributed by atoms with Crippen LogP contribution in [-0.2, 0) is 36.8 Å². The van der Waals surface area contributed by atoms with Crippen LogP contribution in [-0.4, -0.2) is 22.4 Å². The number of fused-ring (bicyclic) bond motifs is 1. The van der Waals surface area contributed by atoms with Crippen LogP contribution in [0.3, 0.4) is 0 Å². The van der Waals surface area contributed by atoms with E-state index in [-0.39, 0.29) is 30.7 Å². The van der Waals surface area contributed by atoms with Gasteiger partial charge in [-0.3, -0.25) is 4.79 Å². The van der Waals surface area contributed by atoms with Crippen molar-refractivity contribution in [2.75, 3.05) is 6.61 Å². The third kappa shape index (κ3) is 6.45. The van der Waals surface area contributed by atoms with Gasteiger partial charge in [0.2, 0.25) is 5.88 Å². The normalized spacial score (nSPS) is 13.8. The third-order valence-electron chi connectivity index (χ3n) is 6.49. The van der Waals surface area contributed by atoms with E-state index in [1.807, 2.05) is 30.3 Å². The van der Waals surface area contributed by atoms with Crippen LogP contribution in [0.25, 0.3) is 11.1 Å². The standard InChI is InChI=1S/C30H22F6N2O3/c31-29(32,33)21-12-20(13-22(14-21)30(34,35)36)15-38-16-25-23(10-11-37-28(25)41-18-27(38)39)24-8-4-5-9-26(24)40-17-19-6-2-1-3-7-19/h1-14H,15-18H2. The van der Waals surface area contributed by atoms with Gasteiger partial charge in [0.05, 0.1) is 17.7 Å². The number of halogens is 6. The maximum absolute atomic E-state index is 13.4. The van der Waals surface area contributed by atoms with Gasteiger partial charge >= 0.3 is 12.4 Å². The third-order valence-corrected chi connectivity index (χ3v) is 6.49. The van der Waals surface area contributed by atoms with E-state index in [9.17, 15) is 31.1 Å². The summed E-state index contributed by atoms with van der Waals surface area (Å²) in [6.07, 6.45) is -8.52. The van der Waals surface area contributed by atoms with Crippen molar-refractivity contribution in [2.24, 2.45) is 0 Å². The van der Waals surface area contributed by atoms with Crippen molar-refractivity contribution in [3.8, 4) is 22.8 Å². The summed E-state index contributed by atoms with van der Waals surface area (Å²) in [6, 6.07) is 19.6. The molecule has 4 aromatic rings. The minimum atomic E-state index is -5.00. The van der Waals surface area contributed by atoms with Gasteiger partial charge in [-0.05, 0) is 47.0 Å². The summed E-state index contributed by atoms with van der Waals surface area (Å²) >= 11 is 0. The molecular formula is C30H22F6N2O3. The Hall–Kier alpha value is -4.54. The molecule has 1 aliphatic rings. The summed E-state index contributed by atoms with van der Waals surface area (Å²) in [7, 11) is 0. The van der Waals surface area contributed by atoms with Gasteiger partial charge in [-0.1, -0.05) is 48.5 Å². The fourth-order valence-electron chi connectivity index (χ4n) is 4.53.